The number of aromatic nitrogens is 2. The van der Waals surface area contributed by atoms with Gasteiger partial charge in [0.1, 0.15) is 4.83 Å². The van der Waals surface area contributed by atoms with E-state index in [9.17, 15) is 9.59 Å². The highest BCUT2D eigenvalue weighted by Crippen LogP contribution is 2.47. The van der Waals surface area contributed by atoms with E-state index < -0.39 is 5.54 Å². The Morgan fingerprint density at radius 1 is 1.27 bits per heavy atom. The summed E-state index contributed by atoms with van der Waals surface area (Å²) < 4.78 is 13.3. The SMILES string of the molecule is CCCC1(CCNC(=O)c2cc3c(C)nn(C)c3s2)C2=CC(C)C3=C(C=C(OC)CC3OC)CN2C(=O)N1CC. The molecule has 1 N–H and O–H groups in total. The van der Waals surface area contributed by atoms with Gasteiger partial charge in [-0.15, -0.1) is 11.3 Å². The van der Waals surface area contributed by atoms with Crippen molar-refractivity contribution in [2.45, 2.75) is 65.0 Å². The van der Waals surface area contributed by atoms with Crippen LogP contribution in [0.2, 0.25) is 0 Å². The second kappa shape index (κ2) is 11.0. The summed E-state index contributed by atoms with van der Waals surface area (Å²) in [6, 6.07) is 1.95. The van der Waals surface area contributed by atoms with Crippen LogP contribution in [0.1, 0.15) is 61.8 Å². The minimum absolute atomic E-state index is 0.0221. The predicted octanol–water partition coefficient (Wildman–Crippen LogP) is 5.14. The van der Waals surface area contributed by atoms with Crippen LogP contribution >= 0.6 is 11.3 Å². The van der Waals surface area contributed by atoms with Gasteiger partial charge >= 0.3 is 6.03 Å². The van der Waals surface area contributed by atoms with Crippen molar-refractivity contribution in [3.05, 3.63) is 51.4 Å². The van der Waals surface area contributed by atoms with Crippen molar-refractivity contribution < 1.29 is 19.1 Å². The number of rotatable bonds is 9. The maximum Gasteiger partial charge on any atom is 0.325 e. The van der Waals surface area contributed by atoms with Gasteiger partial charge in [0.15, 0.2) is 0 Å². The Balaban J connectivity index is 1.43. The number of urea groups is 1. The van der Waals surface area contributed by atoms with E-state index in [4.69, 9.17) is 9.47 Å². The molecule has 216 valence electrons. The van der Waals surface area contributed by atoms with Crippen LogP contribution in [-0.4, -0.2) is 77.0 Å². The first-order valence-electron chi connectivity index (χ1n) is 14.2. The molecular weight excluding hydrogens is 526 g/mol. The summed E-state index contributed by atoms with van der Waals surface area (Å²) >= 11 is 1.46. The normalized spacial score (nSPS) is 24.6. The van der Waals surface area contributed by atoms with Gasteiger partial charge in [0, 0.05) is 50.7 Å². The predicted molar refractivity (Wildman–Crippen MR) is 157 cm³/mol. The third-order valence-electron chi connectivity index (χ3n) is 8.68. The van der Waals surface area contributed by atoms with Crippen LogP contribution in [0.3, 0.4) is 0 Å². The molecule has 2 aromatic rings. The highest BCUT2D eigenvalue weighted by atomic mass is 32.1. The molecule has 3 aliphatic rings. The van der Waals surface area contributed by atoms with Gasteiger partial charge in [-0.1, -0.05) is 26.3 Å². The Morgan fingerprint density at radius 2 is 2.05 bits per heavy atom. The van der Waals surface area contributed by atoms with Crippen molar-refractivity contribution >= 4 is 33.5 Å². The van der Waals surface area contributed by atoms with E-state index in [1.54, 1.807) is 14.2 Å². The summed E-state index contributed by atoms with van der Waals surface area (Å²) in [6.45, 7) is 9.91. The standard InChI is InChI=1S/C30H41N5O4S/c1-8-10-30(11-12-31-27(36)24-16-22-19(4)32-33(5)28(22)40-24)25-13-18(3)26-20(14-21(38-6)15-23(26)39-7)17-34(25)29(37)35(30)9-2/h13-14,16,18,23H,8-12,15,17H2,1-7H3,(H,31,36). The second-order valence-electron chi connectivity index (χ2n) is 11.0. The maximum atomic E-state index is 14.0. The number of hydrogen-bond donors (Lipinski definition) is 1. The lowest BCUT2D eigenvalue weighted by molar-refractivity contribution is 0.0947. The number of fused-ring (bicyclic) bond motifs is 2. The number of aryl methyl sites for hydroxylation is 2. The number of likely N-dealkylation sites (N-methyl/N-ethyl adjacent to an activating group) is 1. The Hall–Kier alpha value is -3.11. The minimum atomic E-state index is -0.492. The maximum absolute atomic E-state index is 14.0. The van der Waals surface area contributed by atoms with Crippen LogP contribution in [0.15, 0.2) is 40.8 Å². The first-order chi connectivity index (χ1) is 19.2. The van der Waals surface area contributed by atoms with Crippen molar-refractivity contribution in [2.75, 3.05) is 33.9 Å². The van der Waals surface area contributed by atoms with E-state index in [2.05, 4.69) is 36.4 Å². The molecule has 10 heteroatoms. The van der Waals surface area contributed by atoms with E-state index in [1.807, 2.05) is 41.4 Å². The summed E-state index contributed by atoms with van der Waals surface area (Å²) in [6.07, 6.45) is 7.35. The minimum Gasteiger partial charge on any atom is -0.501 e. The van der Waals surface area contributed by atoms with E-state index >= 15 is 0 Å². The molecule has 2 aliphatic heterocycles. The molecule has 0 aromatic carbocycles. The van der Waals surface area contributed by atoms with E-state index in [0.29, 0.717) is 37.4 Å². The molecule has 5 rings (SSSR count). The molecule has 2 aromatic heterocycles. The van der Waals surface area contributed by atoms with Gasteiger partial charge < -0.3 is 19.7 Å². The number of nitrogens with zero attached hydrogens (tertiary/aromatic N) is 4. The van der Waals surface area contributed by atoms with Crippen LogP contribution in [-0.2, 0) is 16.5 Å². The topological polar surface area (TPSA) is 88.9 Å². The summed E-state index contributed by atoms with van der Waals surface area (Å²) in [5, 5.41) is 8.62. The lowest BCUT2D eigenvalue weighted by Gasteiger charge is -2.38. The van der Waals surface area contributed by atoms with Crippen LogP contribution in [0, 0.1) is 12.8 Å². The zero-order chi connectivity index (χ0) is 28.8. The van der Waals surface area contributed by atoms with Gasteiger partial charge in [0.05, 0.1) is 41.6 Å². The number of carbonyl (C=O) groups is 2. The van der Waals surface area contributed by atoms with Crippen molar-refractivity contribution in [2.24, 2.45) is 13.0 Å². The molecule has 0 spiro atoms. The van der Waals surface area contributed by atoms with Crippen LogP contribution in [0.5, 0.6) is 0 Å². The number of hydrogen-bond acceptors (Lipinski definition) is 6. The van der Waals surface area contributed by atoms with Gasteiger partial charge in [0.25, 0.3) is 5.91 Å². The summed E-state index contributed by atoms with van der Waals surface area (Å²) in [5.41, 5.74) is 3.78. The summed E-state index contributed by atoms with van der Waals surface area (Å²) in [5.74, 6) is 0.882. The van der Waals surface area contributed by atoms with Gasteiger partial charge in [-0.05, 0) is 50.0 Å². The summed E-state index contributed by atoms with van der Waals surface area (Å²) in [4.78, 5) is 32.8. The quantitative estimate of drug-likeness (QED) is 0.453. The van der Waals surface area contributed by atoms with Gasteiger partial charge in [-0.3, -0.25) is 14.4 Å². The summed E-state index contributed by atoms with van der Waals surface area (Å²) in [7, 11) is 5.33. The average molecular weight is 568 g/mol. The molecule has 3 unspecified atom stereocenters. The Labute approximate surface area is 240 Å². The zero-order valence-corrected chi connectivity index (χ0v) is 25.5. The van der Waals surface area contributed by atoms with Crippen LogP contribution < -0.4 is 5.32 Å². The Kier molecular flexibility index (Phi) is 7.85. The number of nitrogens with one attached hydrogen (secondary N) is 1. The molecule has 0 bridgehead atoms. The number of ether oxygens (including phenoxy) is 2. The zero-order valence-electron chi connectivity index (χ0n) is 24.7. The highest BCUT2D eigenvalue weighted by Gasteiger charge is 2.53. The van der Waals surface area contributed by atoms with Crippen molar-refractivity contribution in [3.8, 4) is 0 Å². The highest BCUT2D eigenvalue weighted by molar-refractivity contribution is 7.20. The number of methoxy groups -OCH3 is 2. The molecule has 1 saturated heterocycles. The fourth-order valence-corrected chi connectivity index (χ4v) is 7.96. The third kappa shape index (κ3) is 4.55. The number of allylic oxidation sites excluding steroid dienone is 1. The lowest BCUT2D eigenvalue weighted by atomic mass is 9.82. The average Bonchev–Trinajstić information content (AvgIpc) is 3.52. The molecule has 40 heavy (non-hydrogen) atoms. The molecule has 1 fully saturated rings. The van der Waals surface area contributed by atoms with Crippen molar-refractivity contribution in [1.29, 1.82) is 0 Å². The second-order valence-corrected chi connectivity index (χ2v) is 12.0. The molecular formula is C30H41N5O4S. The van der Waals surface area contributed by atoms with Crippen LogP contribution in [0.4, 0.5) is 4.79 Å². The lowest BCUT2D eigenvalue weighted by Crippen LogP contribution is -2.48. The Morgan fingerprint density at radius 3 is 2.70 bits per heavy atom. The fraction of sp³-hybridized carbons (Fsp3) is 0.567. The van der Waals surface area contributed by atoms with Gasteiger partial charge in [0.2, 0.25) is 0 Å². The monoisotopic (exact) mass is 567 g/mol. The molecule has 3 amide bonds. The van der Waals surface area contributed by atoms with Crippen molar-refractivity contribution in [3.63, 3.8) is 0 Å². The molecule has 1 aliphatic carbocycles. The van der Waals surface area contributed by atoms with Crippen molar-refractivity contribution in [1.82, 2.24) is 24.9 Å². The van der Waals surface area contributed by atoms with E-state index in [-0.39, 0.29) is 24.0 Å². The van der Waals surface area contributed by atoms with Gasteiger partial charge in [-0.25, -0.2) is 4.79 Å². The van der Waals surface area contributed by atoms with E-state index in [1.165, 1.54) is 16.9 Å². The third-order valence-corrected chi connectivity index (χ3v) is 9.88. The number of thiophene rings is 1. The largest absolute Gasteiger partial charge is 0.501 e. The van der Waals surface area contributed by atoms with Gasteiger partial charge in [-0.2, -0.15) is 5.10 Å². The number of carbonyl (C=O) groups excluding carboxylic acids is 2. The number of amides is 3. The molecule has 0 saturated carbocycles. The van der Waals surface area contributed by atoms with Crippen LogP contribution in [0.25, 0.3) is 10.2 Å². The molecule has 4 heterocycles. The smallest absolute Gasteiger partial charge is 0.325 e. The first-order valence-corrected chi connectivity index (χ1v) is 15.0. The molecule has 3 atom stereocenters. The first kappa shape index (κ1) is 28.4. The van der Waals surface area contributed by atoms with E-state index in [0.717, 1.165) is 45.8 Å². The fourth-order valence-electron chi connectivity index (χ4n) is 6.92. The Bertz CT molecular complexity index is 1380. The molecule has 0 radical (unpaired) electrons. The molecule has 9 nitrogen and oxygen atoms in total.